The number of rotatable bonds is 5. The fourth-order valence-electron chi connectivity index (χ4n) is 1.93. The lowest BCUT2D eigenvalue weighted by Crippen LogP contribution is -2.35. The molecular formula is C11H19NOS. The minimum Gasteiger partial charge on any atom is -0.353 e. The molecule has 0 bridgehead atoms. The van der Waals surface area contributed by atoms with Crippen molar-refractivity contribution in [3.8, 4) is 0 Å². The molecule has 1 amide bonds. The van der Waals surface area contributed by atoms with Gasteiger partial charge in [0.05, 0.1) is 0 Å². The Hall–Kier alpha value is -0.180. The smallest absolute Gasteiger partial charge is 0.220 e. The van der Waals surface area contributed by atoms with Crippen molar-refractivity contribution in [1.82, 2.24) is 5.32 Å². The molecule has 14 heavy (non-hydrogen) atoms. The standard InChI is InChI=1S/C11H19NOS/c1-8(9-2-3-9)12-10(13)6-11(7-14)4-5-11/h8-9,14H,2-7H2,1H3,(H,12,13). The zero-order valence-electron chi connectivity index (χ0n) is 8.75. The van der Waals surface area contributed by atoms with Crippen molar-refractivity contribution >= 4 is 18.5 Å². The zero-order chi connectivity index (χ0) is 10.2. The van der Waals surface area contributed by atoms with Crippen LogP contribution < -0.4 is 5.32 Å². The van der Waals surface area contributed by atoms with Gasteiger partial charge in [-0.25, -0.2) is 0 Å². The Balaban J connectivity index is 1.72. The van der Waals surface area contributed by atoms with E-state index >= 15 is 0 Å². The molecule has 2 saturated carbocycles. The van der Waals surface area contributed by atoms with Crippen LogP contribution in [0.3, 0.4) is 0 Å². The lowest BCUT2D eigenvalue weighted by Gasteiger charge is -2.16. The van der Waals surface area contributed by atoms with E-state index in [2.05, 4.69) is 24.9 Å². The van der Waals surface area contributed by atoms with Gasteiger partial charge in [-0.15, -0.1) is 0 Å². The Morgan fingerprint density at radius 3 is 2.64 bits per heavy atom. The molecule has 0 aromatic heterocycles. The van der Waals surface area contributed by atoms with Crippen LogP contribution in [0.5, 0.6) is 0 Å². The summed E-state index contributed by atoms with van der Waals surface area (Å²) >= 11 is 4.30. The summed E-state index contributed by atoms with van der Waals surface area (Å²) in [5.41, 5.74) is 0.260. The zero-order valence-corrected chi connectivity index (χ0v) is 9.65. The van der Waals surface area contributed by atoms with Crippen LogP contribution in [0.25, 0.3) is 0 Å². The van der Waals surface area contributed by atoms with Crippen LogP contribution in [0.15, 0.2) is 0 Å². The van der Waals surface area contributed by atoms with Gasteiger partial charge < -0.3 is 5.32 Å². The third kappa shape index (κ3) is 2.44. The van der Waals surface area contributed by atoms with Crippen LogP contribution in [-0.2, 0) is 4.79 Å². The predicted octanol–water partition coefficient (Wildman–Crippen LogP) is 2.00. The highest BCUT2D eigenvalue weighted by Crippen LogP contribution is 2.49. The number of hydrogen-bond acceptors (Lipinski definition) is 2. The molecule has 0 saturated heterocycles. The van der Waals surface area contributed by atoms with Crippen molar-refractivity contribution < 1.29 is 4.79 Å². The van der Waals surface area contributed by atoms with Crippen LogP contribution in [-0.4, -0.2) is 17.7 Å². The summed E-state index contributed by atoms with van der Waals surface area (Å²) in [6.07, 6.45) is 5.63. The second-order valence-corrected chi connectivity index (χ2v) is 5.34. The number of nitrogens with one attached hydrogen (secondary N) is 1. The molecule has 2 aliphatic rings. The largest absolute Gasteiger partial charge is 0.353 e. The van der Waals surface area contributed by atoms with Crippen LogP contribution in [0.1, 0.15) is 39.0 Å². The third-order valence-corrected chi connectivity index (χ3v) is 4.22. The highest BCUT2D eigenvalue weighted by atomic mass is 32.1. The highest BCUT2D eigenvalue weighted by Gasteiger charge is 2.43. The lowest BCUT2D eigenvalue weighted by atomic mass is 10.0. The van der Waals surface area contributed by atoms with Gasteiger partial charge in [-0.2, -0.15) is 12.6 Å². The quantitative estimate of drug-likeness (QED) is 0.672. The summed E-state index contributed by atoms with van der Waals surface area (Å²) in [6, 6.07) is 0.387. The fraction of sp³-hybridized carbons (Fsp3) is 0.909. The highest BCUT2D eigenvalue weighted by molar-refractivity contribution is 7.80. The molecule has 1 unspecified atom stereocenters. The number of thiol groups is 1. The first kappa shape index (κ1) is 10.3. The SMILES string of the molecule is CC(NC(=O)CC1(CS)CC1)C1CC1. The van der Waals surface area contributed by atoms with E-state index in [4.69, 9.17) is 0 Å². The molecule has 1 N–H and O–H groups in total. The summed E-state index contributed by atoms with van der Waals surface area (Å²) in [6.45, 7) is 2.12. The molecule has 2 rings (SSSR count). The Morgan fingerprint density at radius 2 is 2.21 bits per heavy atom. The predicted molar refractivity (Wildman–Crippen MR) is 60.5 cm³/mol. The van der Waals surface area contributed by atoms with Crippen LogP contribution in [0.2, 0.25) is 0 Å². The van der Waals surface area contributed by atoms with Gasteiger partial charge in [0.2, 0.25) is 5.91 Å². The molecule has 80 valence electrons. The van der Waals surface area contributed by atoms with Gasteiger partial charge in [0, 0.05) is 12.5 Å². The van der Waals surface area contributed by atoms with E-state index in [0.29, 0.717) is 12.5 Å². The van der Waals surface area contributed by atoms with E-state index in [1.54, 1.807) is 0 Å². The maximum absolute atomic E-state index is 11.7. The lowest BCUT2D eigenvalue weighted by molar-refractivity contribution is -0.122. The number of carbonyl (C=O) groups is 1. The molecule has 0 aromatic rings. The Morgan fingerprint density at radius 1 is 1.57 bits per heavy atom. The number of amides is 1. The van der Waals surface area contributed by atoms with Gasteiger partial charge in [-0.05, 0) is 49.7 Å². The Labute approximate surface area is 91.2 Å². The summed E-state index contributed by atoms with van der Waals surface area (Å²) in [7, 11) is 0. The van der Waals surface area contributed by atoms with Gasteiger partial charge in [0.15, 0.2) is 0 Å². The number of carbonyl (C=O) groups excluding carboxylic acids is 1. The van der Waals surface area contributed by atoms with Gasteiger partial charge in [-0.1, -0.05) is 0 Å². The molecule has 2 aliphatic carbocycles. The van der Waals surface area contributed by atoms with Gasteiger partial charge in [0.1, 0.15) is 0 Å². The van der Waals surface area contributed by atoms with Crippen molar-refractivity contribution in [2.75, 3.05) is 5.75 Å². The summed E-state index contributed by atoms with van der Waals surface area (Å²) in [5, 5.41) is 3.10. The van der Waals surface area contributed by atoms with Gasteiger partial charge >= 0.3 is 0 Å². The summed E-state index contributed by atoms with van der Waals surface area (Å²) in [4.78, 5) is 11.7. The topological polar surface area (TPSA) is 29.1 Å². The van der Waals surface area contributed by atoms with Crippen LogP contribution in [0, 0.1) is 11.3 Å². The van der Waals surface area contributed by atoms with Crippen LogP contribution >= 0.6 is 12.6 Å². The molecule has 3 heteroatoms. The van der Waals surface area contributed by atoms with Crippen molar-refractivity contribution in [3.05, 3.63) is 0 Å². The minimum absolute atomic E-state index is 0.232. The molecule has 0 radical (unpaired) electrons. The van der Waals surface area contributed by atoms with E-state index in [-0.39, 0.29) is 11.3 Å². The second kappa shape index (κ2) is 3.76. The van der Waals surface area contributed by atoms with Gasteiger partial charge in [0.25, 0.3) is 0 Å². The first-order chi connectivity index (χ1) is 6.65. The van der Waals surface area contributed by atoms with E-state index < -0.39 is 0 Å². The maximum Gasteiger partial charge on any atom is 0.220 e. The Kier molecular flexibility index (Phi) is 2.78. The van der Waals surface area contributed by atoms with Crippen molar-refractivity contribution in [2.45, 2.75) is 45.1 Å². The molecule has 2 fully saturated rings. The van der Waals surface area contributed by atoms with E-state index in [0.717, 1.165) is 11.7 Å². The Bertz CT molecular complexity index is 233. The van der Waals surface area contributed by atoms with Crippen LogP contribution in [0.4, 0.5) is 0 Å². The summed E-state index contributed by atoms with van der Waals surface area (Å²) < 4.78 is 0. The van der Waals surface area contributed by atoms with Crippen molar-refractivity contribution in [1.29, 1.82) is 0 Å². The second-order valence-electron chi connectivity index (χ2n) is 5.03. The van der Waals surface area contributed by atoms with E-state index in [1.165, 1.54) is 25.7 Å². The first-order valence-corrected chi connectivity index (χ1v) is 6.19. The first-order valence-electron chi connectivity index (χ1n) is 5.55. The fourth-order valence-corrected chi connectivity index (χ4v) is 2.36. The molecule has 0 aliphatic heterocycles. The molecule has 0 aromatic carbocycles. The molecule has 2 nitrogen and oxygen atoms in total. The molecular weight excluding hydrogens is 194 g/mol. The third-order valence-electron chi connectivity index (χ3n) is 3.55. The van der Waals surface area contributed by atoms with E-state index in [1.807, 2.05) is 0 Å². The molecule has 0 heterocycles. The summed E-state index contributed by atoms with van der Waals surface area (Å²) in [5.74, 6) is 1.85. The average Bonchev–Trinajstić information content (AvgIpc) is 3.00. The van der Waals surface area contributed by atoms with Crippen molar-refractivity contribution in [3.63, 3.8) is 0 Å². The number of hydrogen-bond donors (Lipinski definition) is 2. The molecule has 1 atom stereocenters. The average molecular weight is 213 g/mol. The van der Waals surface area contributed by atoms with E-state index in [9.17, 15) is 4.79 Å². The normalized spacial score (nSPS) is 25.6. The molecule has 0 spiro atoms. The maximum atomic E-state index is 11.7. The van der Waals surface area contributed by atoms with Gasteiger partial charge in [-0.3, -0.25) is 4.79 Å². The van der Waals surface area contributed by atoms with Crippen molar-refractivity contribution in [2.24, 2.45) is 11.3 Å². The monoisotopic (exact) mass is 213 g/mol. The minimum atomic E-state index is 0.232.